The number of hydrogen-bond donors (Lipinski definition) is 0. The fourth-order valence-corrected chi connectivity index (χ4v) is 4.00. The predicted octanol–water partition coefficient (Wildman–Crippen LogP) is 2.89. The number of rotatable bonds is 4. The molecule has 5 heteroatoms. The second-order valence-electron chi connectivity index (χ2n) is 6.35. The summed E-state index contributed by atoms with van der Waals surface area (Å²) in [6.45, 7) is 0.448. The van der Waals surface area contributed by atoms with Crippen molar-refractivity contribution in [1.82, 2.24) is 4.90 Å². The Morgan fingerprint density at radius 1 is 1.30 bits per heavy atom. The van der Waals surface area contributed by atoms with E-state index in [4.69, 9.17) is 9.47 Å². The van der Waals surface area contributed by atoms with Crippen molar-refractivity contribution in [1.29, 1.82) is 5.26 Å². The van der Waals surface area contributed by atoms with Crippen molar-refractivity contribution in [2.24, 2.45) is 5.92 Å². The molecule has 0 aromatic heterocycles. The van der Waals surface area contributed by atoms with Gasteiger partial charge in [0.25, 0.3) is 0 Å². The first-order valence-electron chi connectivity index (χ1n) is 8.07. The smallest absolute Gasteiger partial charge is 0.224 e. The highest BCUT2D eigenvalue weighted by Crippen LogP contribution is 2.46. The Balaban J connectivity index is 1.89. The highest BCUT2D eigenvalue weighted by atomic mass is 16.5. The number of fused-ring (bicyclic) bond motifs is 1. The molecule has 0 N–H and O–H groups in total. The van der Waals surface area contributed by atoms with Gasteiger partial charge in [0, 0.05) is 18.9 Å². The lowest BCUT2D eigenvalue weighted by Crippen LogP contribution is -2.49. The maximum absolute atomic E-state index is 12.5. The van der Waals surface area contributed by atoms with Gasteiger partial charge in [0.1, 0.15) is 5.54 Å². The van der Waals surface area contributed by atoms with Crippen molar-refractivity contribution in [3.05, 3.63) is 23.8 Å². The molecule has 1 aliphatic carbocycles. The van der Waals surface area contributed by atoms with Crippen LogP contribution in [0.15, 0.2) is 18.2 Å². The van der Waals surface area contributed by atoms with Crippen LogP contribution in [0.2, 0.25) is 0 Å². The lowest BCUT2D eigenvalue weighted by atomic mass is 9.74. The summed E-state index contributed by atoms with van der Waals surface area (Å²) in [5, 5.41) is 9.81. The summed E-state index contributed by atoms with van der Waals surface area (Å²) >= 11 is 0. The van der Waals surface area contributed by atoms with E-state index in [0.29, 0.717) is 24.5 Å². The normalized spacial score (nSPS) is 26.6. The van der Waals surface area contributed by atoms with E-state index >= 15 is 0 Å². The monoisotopic (exact) mass is 314 g/mol. The standard InChI is InChI=1S/C18H22N2O3/c1-22-15-7-6-13(9-16(15)23-2)11-20-17(21)10-14-5-3-4-8-18(14,20)12-19/h6-7,9,14H,3-5,8,10-11H2,1-2H3/t14-,18+/m0/s1. The van der Waals surface area contributed by atoms with Crippen LogP contribution in [0.5, 0.6) is 11.5 Å². The average molecular weight is 314 g/mol. The molecule has 2 atom stereocenters. The molecule has 0 radical (unpaired) electrons. The summed E-state index contributed by atoms with van der Waals surface area (Å²) < 4.78 is 10.6. The summed E-state index contributed by atoms with van der Waals surface area (Å²) in [5.41, 5.74) is 0.333. The van der Waals surface area contributed by atoms with Crippen molar-refractivity contribution in [2.45, 2.75) is 44.2 Å². The lowest BCUT2D eigenvalue weighted by molar-refractivity contribution is -0.131. The van der Waals surface area contributed by atoms with E-state index in [-0.39, 0.29) is 11.8 Å². The topological polar surface area (TPSA) is 62.6 Å². The van der Waals surface area contributed by atoms with Gasteiger partial charge in [0.2, 0.25) is 5.91 Å². The molecule has 1 saturated carbocycles. The molecule has 5 nitrogen and oxygen atoms in total. The molecular formula is C18H22N2O3. The van der Waals surface area contributed by atoms with Crippen molar-refractivity contribution in [2.75, 3.05) is 14.2 Å². The van der Waals surface area contributed by atoms with Gasteiger partial charge in [0.05, 0.1) is 20.3 Å². The van der Waals surface area contributed by atoms with Gasteiger partial charge in [-0.05, 0) is 30.5 Å². The number of ether oxygens (including phenoxy) is 2. The Hall–Kier alpha value is -2.22. The fourth-order valence-electron chi connectivity index (χ4n) is 4.00. The highest BCUT2D eigenvalue weighted by Gasteiger charge is 2.53. The number of hydrogen-bond acceptors (Lipinski definition) is 4. The fraction of sp³-hybridized carbons (Fsp3) is 0.556. The summed E-state index contributed by atoms with van der Waals surface area (Å²) in [4.78, 5) is 14.3. The molecular weight excluding hydrogens is 292 g/mol. The van der Waals surface area contributed by atoms with Crippen LogP contribution in [-0.4, -0.2) is 30.6 Å². The maximum Gasteiger partial charge on any atom is 0.224 e. The van der Waals surface area contributed by atoms with Crippen LogP contribution in [0, 0.1) is 17.2 Å². The molecule has 122 valence electrons. The van der Waals surface area contributed by atoms with Gasteiger partial charge in [-0.2, -0.15) is 5.26 Å². The van der Waals surface area contributed by atoms with Crippen LogP contribution >= 0.6 is 0 Å². The summed E-state index contributed by atoms with van der Waals surface area (Å²) in [7, 11) is 3.19. The maximum atomic E-state index is 12.5. The molecule has 1 aromatic carbocycles. The van der Waals surface area contributed by atoms with E-state index in [1.807, 2.05) is 18.2 Å². The number of carbonyl (C=O) groups is 1. The van der Waals surface area contributed by atoms with E-state index in [2.05, 4.69) is 6.07 Å². The molecule has 1 heterocycles. The zero-order valence-electron chi connectivity index (χ0n) is 13.7. The minimum Gasteiger partial charge on any atom is -0.493 e. The van der Waals surface area contributed by atoms with Gasteiger partial charge in [-0.3, -0.25) is 4.79 Å². The number of carbonyl (C=O) groups excluding carboxylic acids is 1. The first-order valence-corrected chi connectivity index (χ1v) is 8.07. The van der Waals surface area contributed by atoms with Gasteiger partial charge < -0.3 is 14.4 Å². The molecule has 0 spiro atoms. The molecule has 23 heavy (non-hydrogen) atoms. The van der Waals surface area contributed by atoms with Gasteiger partial charge >= 0.3 is 0 Å². The molecule has 1 saturated heterocycles. The van der Waals surface area contributed by atoms with E-state index in [1.54, 1.807) is 19.1 Å². The van der Waals surface area contributed by atoms with Crippen LogP contribution in [0.4, 0.5) is 0 Å². The van der Waals surface area contributed by atoms with Crippen LogP contribution in [0.25, 0.3) is 0 Å². The number of nitriles is 1. The van der Waals surface area contributed by atoms with Crippen molar-refractivity contribution in [3.8, 4) is 17.6 Å². The average Bonchev–Trinajstić information content (AvgIpc) is 2.87. The van der Waals surface area contributed by atoms with Gasteiger partial charge in [-0.15, -0.1) is 0 Å². The molecule has 2 fully saturated rings. The minimum atomic E-state index is -0.623. The van der Waals surface area contributed by atoms with E-state index in [9.17, 15) is 10.1 Å². The molecule has 3 rings (SSSR count). The first kappa shape index (κ1) is 15.7. The van der Waals surface area contributed by atoms with Gasteiger partial charge in [-0.1, -0.05) is 18.9 Å². The molecule has 1 aliphatic heterocycles. The molecule has 1 amide bonds. The number of nitrogens with zero attached hydrogens (tertiary/aromatic N) is 2. The number of methoxy groups -OCH3 is 2. The third kappa shape index (κ3) is 2.52. The predicted molar refractivity (Wildman–Crippen MR) is 85.0 cm³/mol. The van der Waals surface area contributed by atoms with Crippen LogP contribution < -0.4 is 9.47 Å². The van der Waals surface area contributed by atoms with E-state index in [1.165, 1.54) is 0 Å². The largest absolute Gasteiger partial charge is 0.493 e. The SMILES string of the molecule is COc1ccc(CN2C(=O)C[C@@H]3CCCC[C@@]32C#N)cc1OC. The minimum absolute atomic E-state index is 0.0910. The zero-order valence-corrected chi connectivity index (χ0v) is 13.7. The second-order valence-corrected chi connectivity index (χ2v) is 6.35. The molecule has 0 unspecified atom stereocenters. The van der Waals surface area contributed by atoms with E-state index in [0.717, 1.165) is 31.2 Å². The van der Waals surface area contributed by atoms with Crippen LogP contribution in [0.3, 0.4) is 0 Å². The third-order valence-electron chi connectivity index (χ3n) is 5.22. The third-order valence-corrected chi connectivity index (χ3v) is 5.22. The summed E-state index contributed by atoms with van der Waals surface area (Å²) in [6.07, 6.45) is 4.39. The molecule has 0 bridgehead atoms. The summed E-state index contributed by atoms with van der Waals surface area (Å²) in [5.74, 6) is 1.57. The Kier molecular flexibility index (Phi) is 4.16. The first-order chi connectivity index (χ1) is 11.1. The van der Waals surface area contributed by atoms with Gasteiger partial charge in [-0.25, -0.2) is 0 Å². The van der Waals surface area contributed by atoms with E-state index < -0.39 is 5.54 Å². The Morgan fingerprint density at radius 2 is 2.09 bits per heavy atom. The molecule has 1 aromatic rings. The number of amides is 1. The molecule has 2 aliphatic rings. The van der Waals surface area contributed by atoms with Crippen molar-refractivity contribution >= 4 is 5.91 Å². The number of likely N-dealkylation sites (tertiary alicyclic amines) is 1. The second kappa shape index (κ2) is 6.11. The van der Waals surface area contributed by atoms with Crippen molar-refractivity contribution in [3.63, 3.8) is 0 Å². The van der Waals surface area contributed by atoms with Crippen molar-refractivity contribution < 1.29 is 14.3 Å². The van der Waals surface area contributed by atoms with Crippen LogP contribution in [-0.2, 0) is 11.3 Å². The Bertz CT molecular complexity index is 652. The number of benzene rings is 1. The highest BCUT2D eigenvalue weighted by molar-refractivity contribution is 5.81. The zero-order chi connectivity index (χ0) is 16.4. The Labute approximate surface area is 136 Å². The quantitative estimate of drug-likeness (QED) is 0.857. The Morgan fingerprint density at radius 3 is 2.78 bits per heavy atom. The van der Waals surface area contributed by atoms with Crippen LogP contribution in [0.1, 0.15) is 37.7 Å². The lowest BCUT2D eigenvalue weighted by Gasteiger charge is -2.39. The van der Waals surface area contributed by atoms with Gasteiger partial charge in [0.15, 0.2) is 11.5 Å². The summed E-state index contributed by atoms with van der Waals surface area (Å²) in [6, 6.07) is 8.13.